The van der Waals surface area contributed by atoms with E-state index in [4.69, 9.17) is 5.84 Å². The number of nitrogen functional groups attached to an aromatic ring is 1. The minimum atomic E-state index is -0.601. The summed E-state index contributed by atoms with van der Waals surface area (Å²) in [4.78, 5) is 23.5. The molecule has 0 radical (unpaired) electrons. The van der Waals surface area contributed by atoms with Gasteiger partial charge in [0, 0.05) is 21.1 Å². The number of benzene rings is 1. The first-order valence-electron chi connectivity index (χ1n) is 5.78. The number of thiophene rings is 1. The van der Waals surface area contributed by atoms with Crippen molar-refractivity contribution < 1.29 is 9.72 Å². The summed E-state index contributed by atoms with van der Waals surface area (Å²) < 4.78 is 0.889. The van der Waals surface area contributed by atoms with Gasteiger partial charge in [0.15, 0.2) is 0 Å². The lowest BCUT2D eigenvalue weighted by Crippen LogP contribution is -2.23. The first-order chi connectivity index (χ1) is 10.0. The average molecular weight is 371 g/mol. The predicted octanol–water partition coefficient (Wildman–Crippen LogP) is 2.63. The number of nitrogens with two attached hydrogens (primary N) is 1. The zero-order valence-corrected chi connectivity index (χ0v) is 13.0. The van der Waals surface area contributed by atoms with Gasteiger partial charge in [-0.05, 0) is 39.5 Å². The van der Waals surface area contributed by atoms with E-state index in [1.165, 1.54) is 29.5 Å². The number of amides is 1. The van der Waals surface area contributed by atoms with E-state index in [0.29, 0.717) is 5.69 Å². The topological polar surface area (TPSA) is 110 Å². The number of nitro groups is 1. The molecule has 0 atom stereocenters. The van der Waals surface area contributed by atoms with Crippen molar-refractivity contribution in [2.24, 2.45) is 5.84 Å². The summed E-state index contributed by atoms with van der Waals surface area (Å²) in [5.74, 6) is 4.73. The molecule has 0 fully saturated rings. The van der Waals surface area contributed by atoms with Crippen molar-refractivity contribution in [2.75, 3.05) is 5.43 Å². The summed E-state index contributed by atoms with van der Waals surface area (Å²) in [6, 6.07) is 5.89. The van der Waals surface area contributed by atoms with E-state index in [-0.39, 0.29) is 17.8 Å². The molecule has 0 spiro atoms. The Morgan fingerprint density at radius 2 is 2.19 bits per heavy atom. The van der Waals surface area contributed by atoms with Crippen molar-refractivity contribution in [2.45, 2.75) is 6.54 Å². The van der Waals surface area contributed by atoms with E-state index >= 15 is 0 Å². The van der Waals surface area contributed by atoms with Crippen LogP contribution >= 0.6 is 27.3 Å². The second kappa shape index (κ2) is 6.66. The van der Waals surface area contributed by atoms with Gasteiger partial charge in [0.25, 0.3) is 11.6 Å². The van der Waals surface area contributed by atoms with Gasteiger partial charge in [-0.25, -0.2) is 0 Å². The summed E-state index contributed by atoms with van der Waals surface area (Å²) in [6.07, 6.45) is 0. The lowest BCUT2D eigenvalue weighted by atomic mass is 10.1. The van der Waals surface area contributed by atoms with Crippen LogP contribution in [0.3, 0.4) is 0 Å². The molecule has 7 nitrogen and oxygen atoms in total. The fraction of sp³-hybridized carbons (Fsp3) is 0.0833. The van der Waals surface area contributed by atoms with E-state index < -0.39 is 10.8 Å². The molecule has 110 valence electrons. The van der Waals surface area contributed by atoms with Gasteiger partial charge in [-0.3, -0.25) is 20.8 Å². The molecule has 0 bridgehead atoms. The maximum Gasteiger partial charge on any atom is 0.282 e. The number of halogens is 1. The standard InChI is InChI=1S/C12H11BrN4O3S/c13-9-3-4-21-11(9)6-15-12(18)8-5-7(16-14)1-2-10(8)17(19)20/h1-5,16H,6,14H2,(H,15,18). The highest BCUT2D eigenvalue weighted by molar-refractivity contribution is 9.10. The second-order valence-electron chi connectivity index (χ2n) is 4.01. The normalized spacial score (nSPS) is 10.2. The SMILES string of the molecule is NNc1ccc([N+](=O)[O-])c(C(=O)NCc2sccc2Br)c1. The number of hydrazine groups is 1. The Balaban J connectivity index is 2.21. The van der Waals surface area contributed by atoms with Gasteiger partial charge in [0.2, 0.25) is 0 Å². The van der Waals surface area contributed by atoms with Gasteiger partial charge in [0.1, 0.15) is 5.56 Å². The maximum atomic E-state index is 12.1. The van der Waals surface area contributed by atoms with Crippen LogP contribution in [-0.2, 0) is 6.54 Å². The van der Waals surface area contributed by atoms with Crippen molar-refractivity contribution in [1.82, 2.24) is 5.32 Å². The molecule has 9 heteroatoms. The molecule has 2 rings (SSSR count). The Kier molecular flexibility index (Phi) is 4.89. The van der Waals surface area contributed by atoms with Crippen molar-refractivity contribution >= 4 is 44.5 Å². The van der Waals surface area contributed by atoms with Crippen LogP contribution in [0.2, 0.25) is 0 Å². The molecule has 1 aromatic carbocycles. The van der Waals surface area contributed by atoms with Gasteiger partial charge < -0.3 is 10.7 Å². The van der Waals surface area contributed by atoms with Crippen molar-refractivity contribution in [3.63, 3.8) is 0 Å². The van der Waals surface area contributed by atoms with Gasteiger partial charge >= 0.3 is 0 Å². The van der Waals surface area contributed by atoms with Crippen molar-refractivity contribution in [3.8, 4) is 0 Å². The lowest BCUT2D eigenvalue weighted by Gasteiger charge is -2.07. The highest BCUT2D eigenvalue weighted by Crippen LogP contribution is 2.24. The molecule has 0 unspecified atom stereocenters. The van der Waals surface area contributed by atoms with Crippen LogP contribution in [-0.4, -0.2) is 10.8 Å². The predicted molar refractivity (Wildman–Crippen MR) is 84.1 cm³/mol. The van der Waals surface area contributed by atoms with E-state index in [1.807, 2.05) is 11.4 Å². The number of hydrogen-bond acceptors (Lipinski definition) is 6. The molecule has 0 aliphatic heterocycles. The van der Waals surface area contributed by atoms with Crippen molar-refractivity contribution in [1.29, 1.82) is 0 Å². The Hall–Kier alpha value is -1.97. The highest BCUT2D eigenvalue weighted by Gasteiger charge is 2.20. The van der Waals surface area contributed by atoms with E-state index in [2.05, 4.69) is 26.7 Å². The van der Waals surface area contributed by atoms with Crippen LogP contribution in [0.1, 0.15) is 15.2 Å². The number of hydrogen-bond donors (Lipinski definition) is 3. The number of anilines is 1. The van der Waals surface area contributed by atoms with Gasteiger partial charge in [-0.1, -0.05) is 0 Å². The van der Waals surface area contributed by atoms with Crippen molar-refractivity contribution in [3.05, 3.63) is 54.7 Å². The fourth-order valence-electron chi connectivity index (χ4n) is 1.67. The Bertz CT molecular complexity index is 689. The summed E-state index contributed by atoms with van der Waals surface area (Å²) in [7, 11) is 0. The monoisotopic (exact) mass is 370 g/mol. The zero-order valence-electron chi connectivity index (χ0n) is 10.6. The number of nitrogens with zero attached hydrogens (tertiary/aromatic N) is 1. The minimum Gasteiger partial charge on any atom is -0.347 e. The smallest absolute Gasteiger partial charge is 0.282 e. The first kappa shape index (κ1) is 15.4. The molecule has 4 N–H and O–H groups in total. The largest absolute Gasteiger partial charge is 0.347 e. The molecular weight excluding hydrogens is 360 g/mol. The van der Waals surface area contributed by atoms with E-state index in [1.54, 1.807) is 0 Å². The number of rotatable bonds is 5. The Morgan fingerprint density at radius 1 is 1.43 bits per heavy atom. The molecule has 0 aliphatic rings. The van der Waals surface area contributed by atoms with Crippen LogP contribution in [0.15, 0.2) is 34.1 Å². The molecule has 21 heavy (non-hydrogen) atoms. The molecule has 1 heterocycles. The first-order valence-corrected chi connectivity index (χ1v) is 7.45. The highest BCUT2D eigenvalue weighted by atomic mass is 79.9. The van der Waals surface area contributed by atoms with Gasteiger partial charge in [-0.15, -0.1) is 11.3 Å². The number of carbonyl (C=O) groups is 1. The van der Waals surface area contributed by atoms with E-state index in [9.17, 15) is 14.9 Å². The molecule has 0 saturated carbocycles. The Morgan fingerprint density at radius 3 is 2.76 bits per heavy atom. The summed E-state index contributed by atoms with van der Waals surface area (Å²) in [6.45, 7) is 0.286. The molecule has 1 aromatic heterocycles. The number of nitrogens with one attached hydrogen (secondary N) is 2. The molecular formula is C12H11BrN4O3S. The molecule has 0 aliphatic carbocycles. The third-order valence-electron chi connectivity index (χ3n) is 2.71. The van der Waals surface area contributed by atoms with Gasteiger partial charge in [-0.2, -0.15) is 0 Å². The van der Waals surface area contributed by atoms with Crippen LogP contribution in [0.4, 0.5) is 11.4 Å². The quantitative estimate of drug-likeness (QED) is 0.425. The minimum absolute atomic E-state index is 0.0388. The summed E-state index contributed by atoms with van der Waals surface area (Å²) in [5, 5.41) is 15.5. The molecule has 2 aromatic rings. The number of carbonyl (C=O) groups excluding carboxylic acids is 1. The number of nitro benzene ring substituents is 1. The van der Waals surface area contributed by atoms with Crippen LogP contribution < -0.4 is 16.6 Å². The molecule has 0 saturated heterocycles. The lowest BCUT2D eigenvalue weighted by molar-refractivity contribution is -0.385. The summed E-state index contributed by atoms with van der Waals surface area (Å²) >= 11 is 4.83. The average Bonchev–Trinajstić information content (AvgIpc) is 2.89. The zero-order chi connectivity index (χ0) is 15.4. The third kappa shape index (κ3) is 3.57. The van der Waals surface area contributed by atoms with Gasteiger partial charge in [0.05, 0.1) is 11.5 Å². The fourth-order valence-corrected chi connectivity index (χ4v) is 3.11. The van der Waals surface area contributed by atoms with E-state index in [0.717, 1.165) is 9.35 Å². The maximum absolute atomic E-state index is 12.1. The second-order valence-corrected chi connectivity index (χ2v) is 5.86. The summed E-state index contributed by atoms with van der Waals surface area (Å²) in [5.41, 5.74) is 2.47. The van der Waals surface area contributed by atoms with Crippen LogP contribution in [0, 0.1) is 10.1 Å². The van der Waals surface area contributed by atoms with Crippen LogP contribution in [0.25, 0.3) is 0 Å². The third-order valence-corrected chi connectivity index (χ3v) is 4.63. The van der Waals surface area contributed by atoms with Crippen LogP contribution in [0.5, 0.6) is 0 Å². The molecule has 1 amide bonds. The Labute approximate surface area is 132 Å².